The molecule has 0 N–H and O–H groups in total. The Morgan fingerprint density at radius 2 is 2.15 bits per heavy atom. The molecule has 0 aliphatic carbocycles. The summed E-state index contributed by atoms with van der Waals surface area (Å²) < 4.78 is 0. The molecule has 2 aliphatic heterocycles. The van der Waals surface area contributed by atoms with Crippen LogP contribution in [0.3, 0.4) is 0 Å². The average Bonchev–Trinajstić information content (AvgIpc) is 2.68. The lowest BCUT2D eigenvalue weighted by Gasteiger charge is -2.48. The van der Waals surface area contributed by atoms with Gasteiger partial charge in [-0.1, -0.05) is 13.8 Å². The van der Waals surface area contributed by atoms with Crippen molar-refractivity contribution in [3.63, 3.8) is 0 Å². The molecule has 2 aliphatic rings. The van der Waals surface area contributed by atoms with Gasteiger partial charge in [-0.05, 0) is 50.0 Å². The van der Waals surface area contributed by atoms with Crippen LogP contribution in [0.1, 0.15) is 56.3 Å². The molecular weight excluding hydrogens is 358 g/mol. The van der Waals surface area contributed by atoms with E-state index in [0.717, 1.165) is 56.9 Å². The van der Waals surface area contributed by atoms with Crippen molar-refractivity contribution in [2.45, 2.75) is 51.0 Å². The molecule has 1 aromatic heterocycles. The van der Waals surface area contributed by atoms with E-state index in [1.54, 1.807) is 6.20 Å². The van der Waals surface area contributed by atoms with Crippen LogP contribution in [-0.2, 0) is 4.79 Å². The molecule has 1 spiro atoms. The van der Waals surface area contributed by atoms with Crippen LogP contribution in [0.2, 0.25) is 0 Å². The number of hydrogen-bond acceptors (Lipinski definition) is 4. The molecule has 0 aromatic carbocycles. The van der Waals surface area contributed by atoms with Gasteiger partial charge in [-0.25, -0.2) is 4.98 Å². The van der Waals surface area contributed by atoms with Gasteiger partial charge in [-0.2, -0.15) is 0 Å². The molecule has 0 bridgehead atoms. The summed E-state index contributed by atoms with van der Waals surface area (Å²) in [7, 11) is 0. The first-order valence-corrected chi connectivity index (χ1v) is 11.2. The van der Waals surface area contributed by atoms with E-state index in [1.165, 1.54) is 11.8 Å². The summed E-state index contributed by atoms with van der Waals surface area (Å²) in [4.78, 5) is 33.9. The van der Waals surface area contributed by atoms with Crippen molar-refractivity contribution in [1.82, 2.24) is 14.8 Å². The van der Waals surface area contributed by atoms with E-state index >= 15 is 0 Å². The zero-order valence-corrected chi connectivity index (χ0v) is 17.6. The van der Waals surface area contributed by atoms with E-state index in [0.29, 0.717) is 17.9 Å². The highest BCUT2D eigenvalue weighted by atomic mass is 32.2. The third kappa shape index (κ3) is 4.65. The lowest BCUT2D eigenvalue weighted by atomic mass is 9.73. The molecule has 6 heteroatoms. The highest BCUT2D eigenvalue weighted by Gasteiger charge is 2.42. The number of rotatable bonds is 5. The number of aromatic nitrogens is 1. The Hall–Kier alpha value is -1.56. The number of carbonyl (C=O) groups is 2. The predicted molar refractivity (Wildman–Crippen MR) is 109 cm³/mol. The fraction of sp³-hybridized carbons (Fsp3) is 0.667. The fourth-order valence-electron chi connectivity index (χ4n) is 4.32. The van der Waals surface area contributed by atoms with Gasteiger partial charge in [0.15, 0.2) is 0 Å². The Labute approximate surface area is 166 Å². The maximum Gasteiger partial charge on any atom is 0.256 e. The molecule has 0 radical (unpaired) electrons. The molecule has 27 heavy (non-hydrogen) atoms. The van der Waals surface area contributed by atoms with Gasteiger partial charge >= 0.3 is 0 Å². The summed E-state index contributed by atoms with van der Waals surface area (Å²) in [6.45, 7) is 7.57. The van der Waals surface area contributed by atoms with E-state index in [-0.39, 0.29) is 17.2 Å². The third-order valence-electron chi connectivity index (χ3n) is 5.87. The van der Waals surface area contributed by atoms with E-state index in [4.69, 9.17) is 0 Å². The number of hydrogen-bond donors (Lipinski definition) is 0. The summed E-state index contributed by atoms with van der Waals surface area (Å²) in [5, 5.41) is 0.791. The standard InChI is InChI=1S/C21H31N3O2S/c1-16(2)8-13-23-14-21(10-7-18(23)25)9-5-12-24(15-21)20(26)17-6-4-11-22-19(17)27-3/h4,6,11,16H,5,7-10,12-15H2,1-3H3/t21-/m0/s1. The van der Waals surface area contributed by atoms with Crippen LogP contribution in [0.15, 0.2) is 23.4 Å². The number of piperidine rings is 2. The zero-order chi connectivity index (χ0) is 19.4. The lowest BCUT2D eigenvalue weighted by Crippen LogP contribution is -2.55. The topological polar surface area (TPSA) is 53.5 Å². The number of amides is 2. The van der Waals surface area contributed by atoms with Crippen molar-refractivity contribution in [2.75, 3.05) is 32.4 Å². The van der Waals surface area contributed by atoms with Gasteiger partial charge in [0, 0.05) is 44.2 Å². The second kappa shape index (κ2) is 8.63. The molecule has 3 rings (SSSR count). The van der Waals surface area contributed by atoms with Gasteiger partial charge in [-0.3, -0.25) is 9.59 Å². The molecule has 2 saturated heterocycles. The average molecular weight is 390 g/mol. The first-order valence-electron chi connectivity index (χ1n) is 10.0. The molecule has 0 saturated carbocycles. The maximum absolute atomic E-state index is 13.2. The van der Waals surface area contributed by atoms with E-state index in [2.05, 4.69) is 23.7 Å². The zero-order valence-electron chi connectivity index (χ0n) is 16.7. The van der Waals surface area contributed by atoms with E-state index in [9.17, 15) is 9.59 Å². The molecule has 2 amide bonds. The second-order valence-corrected chi connectivity index (χ2v) is 9.18. The quantitative estimate of drug-likeness (QED) is 0.721. The van der Waals surface area contributed by atoms with Crippen LogP contribution >= 0.6 is 11.8 Å². The number of likely N-dealkylation sites (tertiary alicyclic amines) is 2. The maximum atomic E-state index is 13.2. The highest BCUT2D eigenvalue weighted by Crippen LogP contribution is 2.39. The smallest absolute Gasteiger partial charge is 0.256 e. The normalized spacial score (nSPS) is 23.3. The van der Waals surface area contributed by atoms with Crippen molar-refractivity contribution >= 4 is 23.6 Å². The summed E-state index contributed by atoms with van der Waals surface area (Å²) in [5.41, 5.74) is 0.756. The number of thioether (sulfide) groups is 1. The Kier molecular flexibility index (Phi) is 6.45. The Morgan fingerprint density at radius 1 is 1.33 bits per heavy atom. The van der Waals surface area contributed by atoms with Gasteiger partial charge in [0.25, 0.3) is 5.91 Å². The van der Waals surface area contributed by atoms with Crippen LogP contribution in [0.5, 0.6) is 0 Å². The largest absolute Gasteiger partial charge is 0.342 e. The van der Waals surface area contributed by atoms with Crippen molar-refractivity contribution in [2.24, 2.45) is 11.3 Å². The summed E-state index contributed by atoms with van der Waals surface area (Å²) in [5.74, 6) is 0.953. The highest BCUT2D eigenvalue weighted by molar-refractivity contribution is 7.98. The Morgan fingerprint density at radius 3 is 2.89 bits per heavy atom. The summed E-state index contributed by atoms with van der Waals surface area (Å²) >= 11 is 1.51. The molecule has 5 nitrogen and oxygen atoms in total. The fourth-order valence-corrected chi connectivity index (χ4v) is 4.86. The van der Waals surface area contributed by atoms with E-state index in [1.807, 2.05) is 23.3 Å². The van der Waals surface area contributed by atoms with Crippen LogP contribution in [0, 0.1) is 11.3 Å². The van der Waals surface area contributed by atoms with Crippen molar-refractivity contribution in [3.8, 4) is 0 Å². The molecule has 3 heterocycles. The Balaban J connectivity index is 1.73. The van der Waals surface area contributed by atoms with Crippen LogP contribution in [0.4, 0.5) is 0 Å². The number of carbonyl (C=O) groups excluding carboxylic acids is 2. The number of nitrogens with zero attached hydrogens (tertiary/aromatic N) is 3. The van der Waals surface area contributed by atoms with Gasteiger partial charge < -0.3 is 9.80 Å². The first kappa shape index (κ1) is 20.2. The Bertz CT molecular complexity index is 694. The van der Waals surface area contributed by atoms with Crippen LogP contribution < -0.4 is 0 Å². The van der Waals surface area contributed by atoms with Crippen molar-refractivity contribution in [1.29, 1.82) is 0 Å². The second-order valence-electron chi connectivity index (χ2n) is 8.39. The summed E-state index contributed by atoms with van der Waals surface area (Å²) in [6.07, 6.45) is 8.35. The minimum atomic E-state index is 0.0561. The van der Waals surface area contributed by atoms with Crippen molar-refractivity contribution < 1.29 is 9.59 Å². The molecule has 2 fully saturated rings. The van der Waals surface area contributed by atoms with Gasteiger partial charge in [-0.15, -0.1) is 11.8 Å². The molecular formula is C21H31N3O2S. The molecule has 0 unspecified atom stereocenters. The minimum Gasteiger partial charge on any atom is -0.342 e. The monoisotopic (exact) mass is 389 g/mol. The SMILES string of the molecule is CSc1ncccc1C(=O)N1CCC[C@@]2(CCC(=O)N(CCC(C)C)C2)C1. The van der Waals surface area contributed by atoms with Gasteiger partial charge in [0.2, 0.25) is 5.91 Å². The molecule has 148 valence electrons. The number of pyridine rings is 1. The molecule has 1 atom stereocenters. The third-order valence-corrected chi connectivity index (χ3v) is 6.58. The minimum absolute atomic E-state index is 0.0561. The van der Waals surface area contributed by atoms with Gasteiger partial charge in [0.1, 0.15) is 5.03 Å². The lowest BCUT2D eigenvalue weighted by molar-refractivity contribution is -0.139. The molecule has 1 aromatic rings. The van der Waals surface area contributed by atoms with Crippen LogP contribution in [-0.4, -0.2) is 59.0 Å². The first-order chi connectivity index (χ1) is 12.9. The van der Waals surface area contributed by atoms with Crippen molar-refractivity contribution in [3.05, 3.63) is 23.9 Å². The summed E-state index contributed by atoms with van der Waals surface area (Å²) in [6, 6.07) is 3.71. The predicted octanol–water partition coefficient (Wildman–Crippen LogP) is 3.69. The van der Waals surface area contributed by atoms with E-state index < -0.39 is 0 Å². The van der Waals surface area contributed by atoms with Crippen LogP contribution in [0.25, 0.3) is 0 Å². The van der Waals surface area contributed by atoms with Gasteiger partial charge in [0.05, 0.1) is 5.56 Å².